The van der Waals surface area contributed by atoms with Gasteiger partial charge in [0.15, 0.2) is 0 Å². The molecule has 0 aliphatic heterocycles. The van der Waals surface area contributed by atoms with E-state index in [4.69, 9.17) is 0 Å². The van der Waals surface area contributed by atoms with Crippen LogP contribution in [0, 0.1) is 0 Å². The van der Waals surface area contributed by atoms with E-state index in [0.717, 1.165) is 0 Å². The van der Waals surface area contributed by atoms with Gasteiger partial charge in [-0.2, -0.15) is 0 Å². The average Bonchev–Trinajstić information content (AvgIpc) is 3.63. The van der Waals surface area contributed by atoms with Crippen LogP contribution in [-0.2, 0) is 0 Å². The molecule has 0 aliphatic carbocycles. The van der Waals surface area contributed by atoms with Crippen LogP contribution in [0.3, 0.4) is 0 Å². The molecule has 0 saturated carbocycles. The zero-order valence-corrected chi connectivity index (χ0v) is 30.7. The molecule has 0 nitrogen and oxygen atoms in total. The average molecular weight is 713 g/mol. The van der Waals surface area contributed by atoms with E-state index < -0.39 is 0 Å². The van der Waals surface area contributed by atoms with E-state index >= 15 is 0 Å². The molecule has 0 N–H and O–H groups in total. The summed E-state index contributed by atoms with van der Waals surface area (Å²) in [6.07, 6.45) is 0. The second kappa shape index (κ2) is 11.9. The van der Waals surface area contributed by atoms with Crippen LogP contribution in [0.5, 0.6) is 0 Å². The highest BCUT2D eigenvalue weighted by Gasteiger charge is 2.21. The lowest BCUT2D eigenvalue weighted by Crippen LogP contribution is -1.93. The second-order valence-electron chi connectivity index (χ2n) is 14.7. The number of hydrogen-bond donors (Lipinski definition) is 0. The lowest BCUT2D eigenvalue weighted by molar-refractivity contribution is 1.64. The van der Waals surface area contributed by atoms with Gasteiger partial charge in [-0.1, -0.05) is 170 Å². The maximum atomic E-state index is 2.49. The Morgan fingerprint density at radius 2 is 0.655 bits per heavy atom. The molecule has 55 heavy (non-hydrogen) atoms. The van der Waals surface area contributed by atoms with Crippen molar-refractivity contribution in [3.05, 3.63) is 194 Å². The van der Waals surface area contributed by atoms with Gasteiger partial charge >= 0.3 is 0 Å². The van der Waals surface area contributed by atoms with E-state index in [2.05, 4.69) is 194 Å². The first-order valence-corrected chi connectivity index (χ1v) is 19.8. The predicted octanol–water partition coefficient (Wildman–Crippen LogP) is 16.0. The Morgan fingerprint density at radius 1 is 0.236 bits per heavy atom. The minimum Gasteiger partial charge on any atom is -0.135 e. The minimum atomic E-state index is 1.23. The lowest BCUT2D eigenvalue weighted by atomic mass is 9.82. The minimum absolute atomic E-state index is 1.23. The lowest BCUT2D eigenvalue weighted by Gasteiger charge is -2.21. The first-order valence-electron chi connectivity index (χ1n) is 19.0. The van der Waals surface area contributed by atoms with Crippen molar-refractivity contribution < 1.29 is 0 Å². The molecule has 0 fully saturated rings. The molecule has 12 rings (SSSR count). The zero-order chi connectivity index (χ0) is 36.0. The quantitative estimate of drug-likeness (QED) is 0.126. The maximum Gasteiger partial charge on any atom is 0.0355 e. The van der Waals surface area contributed by atoms with Crippen molar-refractivity contribution in [3.63, 3.8) is 0 Å². The number of hydrogen-bond acceptors (Lipinski definition) is 1. The normalized spacial score (nSPS) is 12.0. The summed E-state index contributed by atoms with van der Waals surface area (Å²) in [6.45, 7) is 0. The fraction of sp³-hybridized carbons (Fsp3) is 0. The molecule has 12 aromatic rings. The van der Waals surface area contributed by atoms with Crippen LogP contribution in [0.2, 0.25) is 0 Å². The molecule has 0 radical (unpaired) electrons. The van der Waals surface area contributed by atoms with Crippen molar-refractivity contribution in [1.82, 2.24) is 0 Å². The fourth-order valence-electron chi connectivity index (χ4n) is 9.44. The van der Waals surface area contributed by atoms with Crippen molar-refractivity contribution in [2.75, 3.05) is 0 Å². The fourth-order valence-corrected chi connectivity index (χ4v) is 10.5. The molecular formula is C54H32S. The Balaban J connectivity index is 1.11. The molecular weight excluding hydrogens is 681 g/mol. The first-order chi connectivity index (χ1) is 27.3. The summed E-state index contributed by atoms with van der Waals surface area (Å²) in [5, 5.41) is 18.1. The Labute approximate surface area is 322 Å². The van der Waals surface area contributed by atoms with Crippen LogP contribution >= 0.6 is 11.3 Å². The molecule has 0 saturated heterocycles. The van der Waals surface area contributed by atoms with E-state index in [1.54, 1.807) is 0 Å². The van der Waals surface area contributed by atoms with Gasteiger partial charge in [-0.05, 0) is 122 Å². The summed E-state index contributed by atoms with van der Waals surface area (Å²) in [5.74, 6) is 0. The molecule has 254 valence electrons. The van der Waals surface area contributed by atoms with Crippen LogP contribution < -0.4 is 0 Å². The number of fused-ring (bicyclic) bond motifs is 13. The van der Waals surface area contributed by atoms with Crippen LogP contribution in [0.25, 0.3) is 118 Å². The highest BCUT2D eigenvalue weighted by atomic mass is 32.1. The van der Waals surface area contributed by atoms with E-state index in [1.807, 2.05) is 11.3 Å². The molecule has 0 aliphatic rings. The van der Waals surface area contributed by atoms with E-state index in [9.17, 15) is 0 Å². The van der Waals surface area contributed by atoms with E-state index in [-0.39, 0.29) is 0 Å². The van der Waals surface area contributed by atoms with Gasteiger partial charge < -0.3 is 0 Å². The first kappa shape index (κ1) is 30.6. The third kappa shape index (κ3) is 4.51. The third-order valence-electron chi connectivity index (χ3n) is 11.8. The summed E-state index contributed by atoms with van der Waals surface area (Å²) in [4.78, 5) is 0. The van der Waals surface area contributed by atoms with Gasteiger partial charge in [0.25, 0.3) is 0 Å². The summed E-state index contributed by atoms with van der Waals surface area (Å²) in [7, 11) is 0. The number of benzene rings is 11. The van der Waals surface area contributed by atoms with Gasteiger partial charge in [-0.3, -0.25) is 0 Å². The van der Waals surface area contributed by atoms with Gasteiger partial charge in [-0.25, -0.2) is 0 Å². The van der Waals surface area contributed by atoms with Gasteiger partial charge in [0.05, 0.1) is 0 Å². The second-order valence-corrected chi connectivity index (χ2v) is 15.8. The van der Waals surface area contributed by atoms with Crippen molar-refractivity contribution in [3.8, 4) is 33.4 Å². The van der Waals surface area contributed by atoms with Crippen molar-refractivity contribution in [2.45, 2.75) is 0 Å². The number of rotatable bonds is 3. The molecule has 0 amide bonds. The molecule has 1 heteroatoms. The summed E-state index contributed by atoms with van der Waals surface area (Å²) in [5.41, 5.74) is 7.55. The monoisotopic (exact) mass is 712 g/mol. The van der Waals surface area contributed by atoms with Crippen LogP contribution in [-0.4, -0.2) is 0 Å². The summed E-state index contributed by atoms with van der Waals surface area (Å²) >= 11 is 1.87. The van der Waals surface area contributed by atoms with Crippen molar-refractivity contribution >= 4 is 96.1 Å². The molecule has 0 unspecified atom stereocenters. The van der Waals surface area contributed by atoms with Crippen LogP contribution in [0.15, 0.2) is 194 Å². The molecule has 0 spiro atoms. The highest BCUT2D eigenvalue weighted by Crippen LogP contribution is 2.49. The van der Waals surface area contributed by atoms with Crippen LogP contribution in [0.4, 0.5) is 0 Å². The van der Waals surface area contributed by atoms with Gasteiger partial charge in [0, 0.05) is 20.2 Å². The standard InChI is InChI=1S/C54H32S/c1-2-15-38-36(13-1)37-14-3-5-18-41(37)53-42-19-6-4-16-39(42)49(32-48(38)53)54-45-22-9-7-20-43(45)52(44-21-8-10-23-46(44)54)34-27-25-33(26-28-34)35-29-30-51-47(31-35)40-17-11-12-24-50(40)55-51/h1-32H. The Bertz CT molecular complexity index is 3470. The van der Waals surface area contributed by atoms with Gasteiger partial charge in [0.2, 0.25) is 0 Å². The molecule has 1 heterocycles. The Morgan fingerprint density at radius 3 is 1.29 bits per heavy atom. The SMILES string of the molecule is c1ccc2c(c1)sc1ccc(-c3ccc(-c4c5ccccc5c(-c5cc6c7ccccc7c7ccccc7c6c6ccccc56)c5ccccc45)cc3)cc12. The topological polar surface area (TPSA) is 0 Å². The Hall–Kier alpha value is -6.80. The zero-order valence-electron chi connectivity index (χ0n) is 29.9. The van der Waals surface area contributed by atoms with E-state index in [1.165, 1.54) is 118 Å². The summed E-state index contributed by atoms with van der Waals surface area (Å²) in [6, 6.07) is 72.3. The van der Waals surface area contributed by atoms with Gasteiger partial charge in [-0.15, -0.1) is 11.3 Å². The molecule has 11 aromatic carbocycles. The highest BCUT2D eigenvalue weighted by molar-refractivity contribution is 7.25. The smallest absolute Gasteiger partial charge is 0.0355 e. The third-order valence-corrected chi connectivity index (χ3v) is 13.0. The van der Waals surface area contributed by atoms with E-state index in [0.29, 0.717) is 0 Å². The maximum absolute atomic E-state index is 2.49. The number of thiophene rings is 1. The van der Waals surface area contributed by atoms with Crippen molar-refractivity contribution in [1.29, 1.82) is 0 Å². The molecule has 0 atom stereocenters. The molecule has 1 aromatic heterocycles. The predicted molar refractivity (Wildman–Crippen MR) is 241 cm³/mol. The van der Waals surface area contributed by atoms with Gasteiger partial charge in [0.1, 0.15) is 0 Å². The summed E-state index contributed by atoms with van der Waals surface area (Å²) < 4.78 is 2.67. The van der Waals surface area contributed by atoms with Crippen LogP contribution in [0.1, 0.15) is 0 Å². The molecule has 0 bridgehead atoms. The Kier molecular flexibility index (Phi) is 6.60. The van der Waals surface area contributed by atoms with Crippen molar-refractivity contribution in [2.24, 2.45) is 0 Å². The largest absolute Gasteiger partial charge is 0.135 e.